The number of piperidine rings is 1. The van der Waals surface area contributed by atoms with Gasteiger partial charge in [-0.2, -0.15) is 0 Å². The van der Waals surface area contributed by atoms with E-state index in [0.29, 0.717) is 32.8 Å². The van der Waals surface area contributed by atoms with Crippen molar-refractivity contribution < 1.29 is 4.79 Å². The summed E-state index contributed by atoms with van der Waals surface area (Å²) in [4.78, 5) is 35.1. The van der Waals surface area contributed by atoms with Gasteiger partial charge in [0.05, 0.1) is 10.5 Å². The first-order valence-electron chi connectivity index (χ1n) is 9.64. The molecular weight excluding hydrogens is 404 g/mol. The van der Waals surface area contributed by atoms with Crippen LogP contribution in [0.25, 0.3) is 11.7 Å². The minimum absolute atomic E-state index is 0.173. The number of carbonyl (C=O) groups is 1. The average Bonchev–Trinajstić information content (AvgIpc) is 2.99. The van der Waals surface area contributed by atoms with Crippen molar-refractivity contribution in [2.75, 3.05) is 24.5 Å². The molecule has 2 aromatic heterocycles. The monoisotopic (exact) mass is 426 g/mol. The number of rotatable bonds is 4. The third-order valence-corrected chi connectivity index (χ3v) is 6.56. The molecule has 4 rings (SSSR count). The molecule has 0 saturated carbocycles. The van der Waals surface area contributed by atoms with E-state index in [1.165, 1.54) is 23.1 Å². The molecule has 2 aliphatic heterocycles. The van der Waals surface area contributed by atoms with E-state index < -0.39 is 0 Å². The molecule has 0 unspecified atom stereocenters. The summed E-state index contributed by atoms with van der Waals surface area (Å²) in [5, 5.41) is 0. The number of fused-ring (bicyclic) bond motifs is 1. The number of hydrogen-bond acceptors (Lipinski definition) is 6. The van der Waals surface area contributed by atoms with E-state index in [0.717, 1.165) is 31.5 Å². The minimum Gasteiger partial charge on any atom is -0.356 e. The highest BCUT2D eigenvalue weighted by atomic mass is 32.2. The van der Waals surface area contributed by atoms with Gasteiger partial charge in [0.1, 0.15) is 15.8 Å². The van der Waals surface area contributed by atoms with Gasteiger partial charge in [-0.05, 0) is 43.9 Å². The lowest BCUT2D eigenvalue weighted by Crippen LogP contribution is -2.33. The fourth-order valence-electron chi connectivity index (χ4n) is 3.69. The number of hydrogen-bond donors (Lipinski definition) is 0. The van der Waals surface area contributed by atoms with Crippen LogP contribution in [-0.2, 0) is 4.79 Å². The Labute approximate surface area is 178 Å². The number of pyridine rings is 1. The summed E-state index contributed by atoms with van der Waals surface area (Å²) in [6, 6.07) is 3.78. The van der Waals surface area contributed by atoms with Crippen molar-refractivity contribution in [2.45, 2.75) is 26.2 Å². The Bertz CT molecular complexity index is 1100. The van der Waals surface area contributed by atoms with Crippen LogP contribution in [0.5, 0.6) is 0 Å². The number of thiocarbonyl (C=S) groups is 1. The van der Waals surface area contributed by atoms with Gasteiger partial charge in [-0.15, -0.1) is 6.58 Å². The minimum atomic E-state index is -0.196. The van der Waals surface area contributed by atoms with Gasteiger partial charge >= 0.3 is 0 Å². The summed E-state index contributed by atoms with van der Waals surface area (Å²) < 4.78 is 2.03. The molecule has 8 heteroatoms. The Balaban J connectivity index is 1.90. The van der Waals surface area contributed by atoms with E-state index >= 15 is 0 Å². The molecule has 1 amide bonds. The summed E-state index contributed by atoms with van der Waals surface area (Å²) >= 11 is 6.55. The fraction of sp³-hybridized carbons (Fsp3) is 0.333. The van der Waals surface area contributed by atoms with E-state index in [9.17, 15) is 9.59 Å². The predicted octanol–water partition coefficient (Wildman–Crippen LogP) is 3.38. The Morgan fingerprint density at radius 2 is 2.03 bits per heavy atom. The zero-order valence-electron chi connectivity index (χ0n) is 16.3. The summed E-state index contributed by atoms with van der Waals surface area (Å²) in [5.74, 6) is 0.455. The number of aryl methyl sites for hydroxylation is 1. The van der Waals surface area contributed by atoms with Gasteiger partial charge in [0.25, 0.3) is 11.5 Å². The van der Waals surface area contributed by atoms with E-state index in [4.69, 9.17) is 17.2 Å². The molecule has 150 valence electrons. The van der Waals surface area contributed by atoms with Crippen LogP contribution in [0.15, 0.2) is 40.7 Å². The van der Waals surface area contributed by atoms with Crippen molar-refractivity contribution in [3.63, 3.8) is 0 Å². The van der Waals surface area contributed by atoms with E-state index in [2.05, 4.69) is 11.5 Å². The van der Waals surface area contributed by atoms with Crippen molar-refractivity contribution in [2.24, 2.45) is 0 Å². The molecule has 0 aromatic carbocycles. The van der Waals surface area contributed by atoms with Gasteiger partial charge in [-0.3, -0.25) is 18.9 Å². The molecule has 0 atom stereocenters. The molecule has 29 heavy (non-hydrogen) atoms. The smallest absolute Gasteiger partial charge is 0.267 e. The number of amides is 1. The maximum absolute atomic E-state index is 13.4. The van der Waals surface area contributed by atoms with Crippen molar-refractivity contribution in [1.82, 2.24) is 14.3 Å². The summed E-state index contributed by atoms with van der Waals surface area (Å²) in [7, 11) is 0. The van der Waals surface area contributed by atoms with Crippen LogP contribution in [0.3, 0.4) is 0 Å². The summed E-state index contributed by atoms with van der Waals surface area (Å²) in [6.07, 6.45) is 8.33. The molecule has 2 aromatic rings. The van der Waals surface area contributed by atoms with Gasteiger partial charge in [0.2, 0.25) is 0 Å². The lowest BCUT2D eigenvalue weighted by Gasteiger charge is -2.29. The van der Waals surface area contributed by atoms with Gasteiger partial charge < -0.3 is 4.90 Å². The Kier molecular flexibility index (Phi) is 5.56. The van der Waals surface area contributed by atoms with Crippen LogP contribution < -0.4 is 10.5 Å². The molecule has 0 bridgehead atoms. The molecule has 4 heterocycles. The molecular formula is C21H22N4O2S2. The van der Waals surface area contributed by atoms with Crippen LogP contribution >= 0.6 is 24.0 Å². The number of thioether (sulfide) groups is 1. The predicted molar refractivity (Wildman–Crippen MR) is 122 cm³/mol. The normalized spacial score (nSPS) is 18.9. The van der Waals surface area contributed by atoms with Crippen LogP contribution in [0, 0.1) is 6.92 Å². The summed E-state index contributed by atoms with van der Waals surface area (Å²) in [6.45, 7) is 7.69. The number of anilines is 1. The molecule has 6 nitrogen and oxygen atoms in total. The first-order valence-corrected chi connectivity index (χ1v) is 10.9. The Morgan fingerprint density at radius 1 is 1.28 bits per heavy atom. The highest BCUT2D eigenvalue weighted by molar-refractivity contribution is 8.26. The molecule has 0 spiro atoms. The molecule has 2 aliphatic rings. The Morgan fingerprint density at radius 3 is 2.76 bits per heavy atom. The summed E-state index contributed by atoms with van der Waals surface area (Å²) in [5.41, 5.74) is 1.85. The van der Waals surface area contributed by atoms with Gasteiger partial charge in [0.15, 0.2) is 0 Å². The number of aromatic nitrogens is 2. The third kappa shape index (κ3) is 3.62. The van der Waals surface area contributed by atoms with E-state index in [1.807, 2.05) is 19.1 Å². The highest BCUT2D eigenvalue weighted by Crippen LogP contribution is 2.33. The van der Waals surface area contributed by atoms with Crippen molar-refractivity contribution in [3.05, 3.63) is 57.4 Å². The van der Waals surface area contributed by atoms with Crippen molar-refractivity contribution in [1.29, 1.82) is 0 Å². The maximum Gasteiger partial charge on any atom is 0.267 e. The first-order chi connectivity index (χ1) is 14.0. The fourth-order valence-corrected chi connectivity index (χ4v) is 4.95. The standard InChI is InChI=1S/C21H22N4O2S2/c1-3-9-25-20(27)16(29-21(25)28)13-15-18(23-10-5-4-6-11-23)22-17-14(2)8-7-12-24(17)19(15)26/h3,7-8,12-13H,1,4-6,9-11H2,2H3/b16-13-. The zero-order chi connectivity index (χ0) is 20.5. The van der Waals surface area contributed by atoms with Gasteiger partial charge in [0, 0.05) is 25.8 Å². The maximum atomic E-state index is 13.4. The second-order valence-electron chi connectivity index (χ2n) is 7.17. The number of nitrogens with zero attached hydrogens (tertiary/aromatic N) is 4. The quantitative estimate of drug-likeness (QED) is 0.424. The van der Waals surface area contributed by atoms with Crippen LogP contribution in [-0.4, -0.2) is 44.1 Å². The lowest BCUT2D eigenvalue weighted by molar-refractivity contribution is -0.121. The number of carbonyl (C=O) groups excluding carboxylic acids is 1. The molecule has 0 aliphatic carbocycles. The third-order valence-electron chi connectivity index (χ3n) is 5.18. The van der Waals surface area contributed by atoms with E-state index in [-0.39, 0.29) is 11.5 Å². The van der Waals surface area contributed by atoms with Gasteiger partial charge in [-0.25, -0.2) is 4.98 Å². The topological polar surface area (TPSA) is 57.9 Å². The van der Waals surface area contributed by atoms with Crippen molar-refractivity contribution >= 4 is 51.7 Å². The molecule has 0 N–H and O–H groups in total. The SMILES string of the molecule is C=CCN1C(=O)/C(=C/c2c(N3CCCCC3)nc3c(C)cccn3c2=O)SC1=S. The Hall–Kier alpha value is -2.45. The van der Waals surface area contributed by atoms with Crippen LogP contribution in [0.4, 0.5) is 5.82 Å². The van der Waals surface area contributed by atoms with Crippen LogP contribution in [0.2, 0.25) is 0 Å². The van der Waals surface area contributed by atoms with Crippen LogP contribution in [0.1, 0.15) is 30.4 Å². The second-order valence-corrected chi connectivity index (χ2v) is 8.84. The first kappa shape index (κ1) is 19.8. The lowest BCUT2D eigenvalue weighted by atomic mass is 10.1. The van der Waals surface area contributed by atoms with Crippen molar-refractivity contribution in [3.8, 4) is 0 Å². The average molecular weight is 427 g/mol. The molecule has 2 saturated heterocycles. The zero-order valence-corrected chi connectivity index (χ0v) is 17.9. The van der Waals surface area contributed by atoms with E-state index in [1.54, 1.807) is 22.7 Å². The largest absolute Gasteiger partial charge is 0.356 e. The van der Waals surface area contributed by atoms with Gasteiger partial charge in [-0.1, -0.05) is 36.1 Å². The second kappa shape index (κ2) is 8.12. The molecule has 0 radical (unpaired) electrons. The highest BCUT2D eigenvalue weighted by Gasteiger charge is 2.32. The molecule has 2 fully saturated rings.